The number of thiophene rings is 1. The Morgan fingerprint density at radius 1 is 1.44 bits per heavy atom. The first-order valence-corrected chi connectivity index (χ1v) is 8.16. The Labute approximate surface area is 116 Å². The second-order valence-corrected chi connectivity index (χ2v) is 7.63. The Morgan fingerprint density at radius 2 is 2.22 bits per heavy atom. The van der Waals surface area contributed by atoms with Crippen LogP contribution in [-0.2, 0) is 0 Å². The number of hydrogen-bond donors (Lipinski definition) is 1. The van der Waals surface area contributed by atoms with Crippen LogP contribution in [0.2, 0.25) is 0 Å². The van der Waals surface area contributed by atoms with Gasteiger partial charge in [0.25, 0.3) is 0 Å². The van der Waals surface area contributed by atoms with Crippen LogP contribution >= 0.6 is 11.3 Å². The summed E-state index contributed by atoms with van der Waals surface area (Å²) in [6.45, 7) is 11.6. The molecule has 0 saturated heterocycles. The van der Waals surface area contributed by atoms with Gasteiger partial charge in [-0.15, -0.1) is 11.3 Å². The molecular formula is C16H27NS. The van der Waals surface area contributed by atoms with Gasteiger partial charge < -0.3 is 5.32 Å². The van der Waals surface area contributed by atoms with Crippen molar-refractivity contribution in [3.8, 4) is 0 Å². The van der Waals surface area contributed by atoms with Crippen LogP contribution in [0.4, 0.5) is 0 Å². The molecule has 1 aliphatic carbocycles. The van der Waals surface area contributed by atoms with Gasteiger partial charge >= 0.3 is 0 Å². The summed E-state index contributed by atoms with van der Waals surface area (Å²) in [4.78, 5) is 1.53. The zero-order valence-corrected chi connectivity index (χ0v) is 13.1. The number of rotatable bonds is 4. The third-order valence-electron chi connectivity index (χ3n) is 4.49. The van der Waals surface area contributed by atoms with Crippen molar-refractivity contribution in [1.29, 1.82) is 0 Å². The van der Waals surface area contributed by atoms with Crippen molar-refractivity contribution in [2.75, 3.05) is 13.1 Å². The fourth-order valence-corrected chi connectivity index (χ4v) is 4.13. The average Bonchev–Trinajstić information content (AvgIpc) is 2.73. The Kier molecular flexibility index (Phi) is 4.50. The van der Waals surface area contributed by atoms with Gasteiger partial charge in [0.05, 0.1) is 0 Å². The maximum Gasteiger partial charge on any atom is 0.00491 e. The van der Waals surface area contributed by atoms with Crippen LogP contribution in [0.3, 0.4) is 0 Å². The Balaban J connectivity index is 2.17. The van der Waals surface area contributed by atoms with Crippen LogP contribution in [0.5, 0.6) is 0 Å². The van der Waals surface area contributed by atoms with Crippen molar-refractivity contribution in [2.24, 2.45) is 11.3 Å². The molecule has 1 aromatic heterocycles. The standard InChI is InChI=1S/C16H27NS/c1-5-17-11-13-6-8-16(3,4)10-15(13)14-7-9-18-12(14)2/h7,9,13,15,17H,5-6,8,10-11H2,1-4H3. The number of aryl methyl sites for hydroxylation is 1. The lowest BCUT2D eigenvalue weighted by molar-refractivity contribution is 0.160. The van der Waals surface area contributed by atoms with Crippen molar-refractivity contribution in [3.63, 3.8) is 0 Å². The summed E-state index contributed by atoms with van der Waals surface area (Å²) in [5, 5.41) is 5.82. The minimum absolute atomic E-state index is 0.516. The van der Waals surface area contributed by atoms with Crippen LogP contribution in [0.1, 0.15) is 56.4 Å². The van der Waals surface area contributed by atoms with Crippen molar-refractivity contribution in [3.05, 3.63) is 21.9 Å². The number of hydrogen-bond acceptors (Lipinski definition) is 2. The van der Waals surface area contributed by atoms with Gasteiger partial charge in [-0.1, -0.05) is 20.8 Å². The van der Waals surface area contributed by atoms with E-state index in [1.807, 2.05) is 11.3 Å². The first-order chi connectivity index (χ1) is 8.53. The van der Waals surface area contributed by atoms with Gasteiger partial charge in [0.2, 0.25) is 0 Å². The molecule has 1 fully saturated rings. The molecule has 1 N–H and O–H groups in total. The molecule has 0 radical (unpaired) electrons. The fraction of sp³-hybridized carbons (Fsp3) is 0.750. The minimum atomic E-state index is 0.516. The molecule has 1 saturated carbocycles. The molecule has 2 heteroatoms. The van der Waals surface area contributed by atoms with E-state index in [9.17, 15) is 0 Å². The van der Waals surface area contributed by atoms with E-state index in [-0.39, 0.29) is 0 Å². The van der Waals surface area contributed by atoms with Gasteiger partial charge in [-0.05, 0) is 73.5 Å². The van der Waals surface area contributed by atoms with E-state index in [1.165, 1.54) is 30.7 Å². The van der Waals surface area contributed by atoms with Gasteiger partial charge in [-0.2, -0.15) is 0 Å². The van der Waals surface area contributed by atoms with Gasteiger partial charge in [0.1, 0.15) is 0 Å². The third-order valence-corrected chi connectivity index (χ3v) is 5.35. The molecule has 0 bridgehead atoms. The molecule has 2 atom stereocenters. The first kappa shape index (κ1) is 14.1. The second kappa shape index (κ2) is 5.75. The molecular weight excluding hydrogens is 238 g/mol. The highest BCUT2D eigenvalue weighted by Crippen LogP contribution is 2.47. The van der Waals surface area contributed by atoms with Crippen molar-refractivity contribution >= 4 is 11.3 Å². The highest BCUT2D eigenvalue weighted by molar-refractivity contribution is 7.10. The van der Waals surface area contributed by atoms with Crippen LogP contribution in [0, 0.1) is 18.3 Å². The highest BCUT2D eigenvalue weighted by atomic mass is 32.1. The summed E-state index contributed by atoms with van der Waals surface area (Å²) in [6, 6.07) is 2.37. The van der Waals surface area contributed by atoms with Crippen LogP contribution in [0.15, 0.2) is 11.4 Å². The fourth-order valence-electron chi connectivity index (χ4n) is 3.36. The molecule has 0 amide bonds. The lowest BCUT2D eigenvalue weighted by Gasteiger charge is -2.41. The molecule has 1 aliphatic rings. The molecule has 2 rings (SSSR count). The lowest BCUT2D eigenvalue weighted by atomic mass is 9.65. The second-order valence-electron chi connectivity index (χ2n) is 6.51. The lowest BCUT2D eigenvalue weighted by Crippen LogP contribution is -2.34. The van der Waals surface area contributed by atoms with E-state index in [1.54, 1.807) is 5.56 Å². The predicted octanol–water partition coefficient (Wildman–Crippen LogP) is 4.58. The SMILES string of the molecule is CCNCC1CCC(C)(C)CC1c1ccsc1C. The summed E-state index contributed by atoms with van der Waals surface area (Å²) in [6.07, 6.45) is 4.10. The largest absolute Gasteiger partial charge is 0.317 e. The van der Waals surface area contributed by atoms with E-state index >= 15 is 0 Å². The molecule has 2 unspecified atom stereocenters. The smallest absolute Gasteiger partial charge is 0.00491 e. The van der Waals surface area contributed by atoms with Crippen molar-refractivity contribution in [2.45, 2.75) is 52.9 Å². The molecule has 1 aromatic rings. The number of nitrogens with one attached hydrogen (secondary N) is 1. The van der Waals surface area contributed by atoms with E-state index in [0.29, 0.717) is 5.41 Å². The Bertz CT molecular complexity index is 380. The molecule has 1 heterocycles. The molecule has 0 aliphatic heterocycles. The molecule has 18 heavy (non-hydrogen) atoms. The maximum atomic E-state index is 3.56. The predicted molar refractivity (Wildman–Crippen MR) is 81.5 cm³/mol. The third kappa shape index (κ3) is 3.16. The quantitative estimate of drug-likeness (QED) is 0.840. The van der Waals surface area contributed by atoms with Gasteiger partial charge in [0.15, 0.2) is 0 Å². The van der Waals surface area contributed by atoms with E-state index in [0.717, 1.165) is 18.4 Å². The summed E-state index contributed by atoms with van der Waals surface area (Å²) in [7, 11) is 0. The summed E-state index contributed by atoms with van der Waals surface area (Å²) >= 11 is 1.90. The first-order valence-electron chi connectivity index (χ1n) is 7.28. The average molecular weight is 265 g/mol. The zero-order valence-electron chi connectivity index (χ0n) is 12.3. The summed E-state index contributed by atoms with van der Waals surface area (Å²) < 4.78 is 0. The highest BCUT2D eigenvalue weighted by Gasteiger charge is 2.36. The summed E-state index contributed by atoms with van der Waals surface area (Å²) in [5.41, 5.74) is 2.14. The van der Waals surface area contributed by atoms with Crippen LogP contribution in [0.25, 0.3) is 0 Å². The minimum Gasteiger partial charge on any atom is -0.317 e. The van der Waals surface area contributed by atoms with Crippen molar-refractivity contribution in [1.82, 2.24) is 5.32 Å². The Hall–Kier alpha value is -0.340. The zero-order chi connectivity index (χ0) is 13.2. The Morgan fingerprint density at radius 3 is 2.83 bits per heavy atom. The van der Waals surface area contributed by atoms with E-state index in [2.05, 4.69) is 44.5 Å². The maximum absolute atomic E-state index is 3.56. The topological polar surface area (TPSA) is 12.0 Å². The van der Waals surface area contributed by atoms with E-state index in [4.69, 9.17) is 0 Å². The normalized spacial score (nSPS) is 27.3. The van der Waals surface area contributed by atoms with Crippen molar-refractivity contribution < 1.29 is 0 Å². The molecule has 0 spiro atoms. The monoisotopic (exact) mass is 265 g/mol. The van der Waals surface area contributed by atoms with Gasteiger partial charge in [0, 0.05) is 4.88 Å². The van der Waals surface area contributed by atoms with E-state index < -0.39 is 0 Å². The van der Waals surface area contributed by atoms with Gasteiger partial charge in [-0.3, -0.25) is 0 Å². The molecule has 102 valence electrons. The van der Waals surface area contributed by atoms with Crippen LogP contribution in [-0.4, -0.2) is 13.1 Å². The van der Waals surface area contributed by atoms with Gasteiger partial charge in [-0.25, -0.2) is 0 Å². The molecule has 1 nitrogen and oxygen atoms in total. The van der Waals surface area contributed by atoms with Crippen LogP contribution < -0.4 is 5.32 Å². The summed E-state index contributed by atoms with van der Waals surface area (Å²) in [5.74, 6) is 1.59. The molecule has 0 aromatic carbocycles.